The molecule has 10 heteroatoms. The topological polar surface area (TPSA) is 110 Å². The molecule has 2 aromatic rings. The van der Waals surface area contributed by atoms with Crippen LogP contribution in [0.25, 0.3) is 10.2 Å². The van der Waals surface area contributed by atoms with Gasteiger partial charge in [-0.15, -0.1) is 11.3 Å². The van der Waals surface area contributed by atoms with Gasteiger partial charge in [-0.25, -0.2) is 14.8 Å². The van der Waals surface area contributed by atoms with Crippen LogP contribution < -0.4 is 10.6 Å². The zero-order valence-electron chi connectivity index (χ0n) is 14.0. The Morgan fingerprint density at radius 3 is 2.76 bits per heavy atom. The van der Waals surface area contributed by atoms with E-state index in [-0.39, 0.29) is 5.75 Å². The second kappa shape index (κ2) is 8.26. The molecule has 0 aliphatic heterocycles. The molecular formula is C15H18N4O4S2. The van der Waals surface area contributed by atoms with Gasteiger partial charge in [-0.2, -0.15) is 0 Å². The summed E-state index contributed by atoms with van der Waals surface area (Å²) in [7, 11) is 0. The Balaban J connectivity index is 1.74. The predicted molar refractivity (Wildman–Crippen MR) is 95.5 cm³/mol. The van der Waals surface area contributed by atoms with E-state index in [1.807, 2.05) is 11.4 Å². The Labute approximate surface area is 152 Å². The number of imide groups is 1. The fraction of sp³-hybridized carbons (Fsp3) is 0.400. The van der Waals surface area contributed by atoms with Crippen molar-refractivity contribution in [3.8, 4) is 0 Å². The largest absolute Gasteiger partial charge is 0.455 e. The van der Waals surface area contributed by atoms with E-state index in [1.54, 1.807) is 20.8 Å². The van der Waals surface area contributed by atoms with Gasteiger partial charge in [0.25, 0.3) is 5.91 Å². The SMILES string of the molecule is CC(C)(C)NC(=O)NC(=O)COC(=O)CSc1ncnc2sccc12. The van der Waals surface area contributed by atoms with Crippen LogP contribution in [-0.2, 0) is 14.3 Å². The number of amides is 3. The van der Waals surface area contributed by atoms with Crippen LogP contribution >= 0.6 is 23.1 Å². The summed E-state index contributed by atoms with van der Waals surface area (Å²) >= 11 is 2.69. The Kier molecular flexibility index (Phi) is 6.32. The van der Waals surface area contributed by atoms with E-state index in [0.717, 1.165) is 10.2 Å². The molecule has 0 bridgehead atoms. The zero-order valence-corrected chi connectivity index (χ0v) is 15.6. The predicted octanol–water partition coefficient (Wildman–Crippen LogP) is 1.95. The second-order valence-electron chi connectivity index (χ2n) is 6.02. The summed E-state index contributed by atoms with van der Waals surface area (Å²) < 4.78 is 4.86. The molecular weight excluding hydrogens is 364 g/mol. The summed E-state index contributed by atoms with van der Waals surface area (Å²) in [5.41, 5.74) is -0.470. The van der Waals surface area contributed by atoms with Gasteiger partial charge in [0.2, 0.25) is 0 Å². The number of carbonyl (C=O) groups is 3. The van der Waals surface area contributed by atoms with Crippen LogP contribution in [0.1, 0.15) is 20.8 Å². The Hall–Kier alpha value is -2.20. The number of thioether (sulfide) groups is 1. The highest BCUT2D eigenvalue weighted by molar-refractivity contribution is 8.00. The number of thiophene rings is 1. The summed E-state index contributed by atoms with van der Waals surface area (Å²) in [4.78, 5) is 44.0. The first-order chi connectivity index (χ1) is 11.7. The normalized spacial score (nSPS) is 11.2. The van der Waals surface area contributed by atoms with Gasteiger partial charge in [-0.05, 0) is 32.2 Å². The third-order valence-electron chi connectivity index (χ3n) is 2.66. The molecule has 25 heavy (non-hydrogen) atoms. The van der Waals surface area contributed by atoms with Gasteiger partial charge in [0.05, 0.1) is 5.75 Å². The van der Waals surface area contributed by atoms with Crippen LogP contribution in [0.5, 0.6) is 0 Å². The third-order valence-corrected chi connectivity index (χ3v) is 4.46. The van der Waals surface area contributed by atoms with Gasteiger partial charge in [0.15, 0.2) is 6.61 Å². The molecule has 2 heterocycles. The molecule has 0 aliphatic rings. The van der Waals surface area contributed by atoms with E-state index >= 15 is 0 Å². The molecule has 0 aliphatic carbocycles. The first-order valence-electron chi connectivity index (χ1n) is 7.33. The van der Waals surface area contributed by atoms with Crippen molar-refractivity contribution < 1.29 is 19.1 Å². The van der Waals surface area contributed by atoms with Crippen molar-refractivity contribution in [1.29, 1.82) is 0 Å². The van der Waals surface area contributed by atoms with Crippen molar-refractivity contribution in [2.24, 2.45) is 0 Å². The molecule has 0 atom stereocenters. The summed E-state index contributed by atoms with van der Waals surface area (Å²) in [6, 6.07) is 1.25. The van der Waals surface area contributed by atoms with Gasteiger partial charge in [-0.1, -0.05) is 11.8 Å². The lowest BCUT2D eigenvalue weighted by Gasteiger charge is -2.20. The summed E-state index contributed by atoms with van der Waals surface area (Å²) in [6.45, 7) is 4.83. The first-order valence-corrected chi connectivity index (χ1v) is 9.20. The van der Waals surface area contributed by atoms with Gasteiger partial charge < -0.3 is 10.1 Å². The number of nitrogens with one attached hydrogen (secondary N) is 2. The van der Waals surface area contributed by atoms with Gasteiger partial charge in [0.1, 0.15) is 16.2 Å². The number of rotatable bonds is 5. The number of hydrogen-bond acceptors (Lipinski definition) is 8. The number of hydrogen-bond donors (Lipinski definition) is 2. The minimum absolute atomic E-state index is 0.00340. The molecule has 3 amide bonds. The molecule has 2 rings (SSSR count). The standard InChI is InChI=1S/C15H18N4O4S2/c1-15(2,3)19-14(22)18-10(20)6-23-11(21)7-25-13-9-4-5-24-12(9)16-8-17-13/h4-5,8H,6-7H2,1-3H3,(H2,18,19,20,22). The van der Waals surface area contributed by atoms with Crippen molar-refractivity contribution in [2.45, 2.75) is 31.3 Å². The molecule has 2 N–H and O–H groups in total. The molecule has 2 aromatic heterocycles. The van der Waals surface area contributed by atoms with E-state index in [1.165, 1.54) is 29.4 Å². The van der Waals surface area contributed by atoms with Crippen molar-refractivity contribution in [1.82, 2.24) is 20.6 Å². The lowest BCUT2D eigenvalue weighted by Crippen LogP contribution is -2.49. The van der Waals surface area contributed by atoms with E-state index in [0.29, 0.717) is 5.03 Å². The highest BCUT2D eigenvalue weighted by atomic mass is 32.2. The van der Waals surface area contributed by atoms with Crippen LogP contribution in [0.2, 0.25) is 0 Å². The second-order valence-corrected chi connectivity index (χ2v) is 7.88. The number of urea groups is 1. The third kappa shape index (κ3) is 6.31. The summed E-state index contributed by atoms with van der Waals surface area (Å²) in [5.74, 6) is -1.26. The van der Waals surface area contributed by atoms with E-state index in [2.05, 4.69) is 20.6 Å². The Bertz CT molecular complexity index is 785. The summed E-state index contributed by atoms with van der Waals surface area (Å²) in [6.07, 6.45) is 1.44. The average molecular weight is 382 g/mol. The van der Waals surface area contributed by atoms with Crippen LogP contribution in [0.3, 0.4) is 0 Å². The van der Waals surface area contributed by atoms with Gasteiger partial charge in [0, 0.05) is 10.9 Å². The number of aromatic nitrogens is 2. The highest BCUT2D eigenvalue weighted by Gasteiger charge is 2.17. The molecule has 0 unspecified atom stereocenters. The number of ether oxygens (including phenoxy) is 1. The van der Waals surface area contributed by atoms with E-state index in [4.69, 9.17) is 4.74 Å². The smallest absolute Gasteiger partial charge is 0.321 e. The minimum atomic E-state index is -0.692. The maximum atomic E-state index is 11.7. The monoisotopic (exact) mass is 382 g/mol. The van der Waals surface area contributed by atoms with E-state index in [9.17, 15) is 14.4 Å². The fourth-order valence-corrected chi connectivity index (χ4v) is 3.31. The Morgan fingerprint density at radius 2 is 2.04 bits per heavy atom. The maximum Gasteiger partial charge on any atom is 0.321 e. The molecule has 0 saturated heterocycles. The molecule has 0 radical (unpaired) electrons. The quantitative estimate of drug-likeness (QED) is 0.462. The highest BCUT2D eigenvalue weighted by Crippen LogP contribution is 2.27. The van der Waals surface area contributed by atoms with Crippen molar-refractivity contribution in [3.05, 3.63) is 17.8 Å². The fourth-order valence-electron chi connectivity index (χ4n) is 1.73. The van der Waals surface area contributed by atoms with E-state index < -0.39 is 30.1 Å². The first kappa shape index (κ1) is 19.1. The molecule has 8 nitrogen and oxygen atoms in total. The minimum Gasteiger partial charge on any atom is -0.455 e. The molecule has 0 spiro atoms. The Morgan fingerprint density at radius 1 is 1.28 bits per heavy atom. The molecule has 0 fully saturated rings. The van der Waals surface area contributed by atoms with Crippen LogP contribution in [0.15, 0.2) is 22.8 Å². The molecule has 134 valence electrons. The van der Waals surface area contributed by atoms with Crippen LogP contribution in [0.4, 0.5) is 4.79 Å². The van der Waals surface area contributed by atoms with Gasteiger partial charge in [-0.3, -0.25) is 14.9 Å². The average Bonchev–Trinajstić information content (AvgIpc) is 2.98. The summed E-state index contributed by atoms with van der Waals surface area (Å²) in [5, 5.41) is 8.12. The maximum absolute atomic E-state index is 11.7. The molecule has 0 aromatic carbocycles. The lowest BCUT2D eigenvalue weighted by atomic mass is 10.1. The van der Waals surface area contributed by atoms with Crippen LogP contribution in [0, 0.1) is 0 Å². The van der Waals surface area contributed by atoms with Crippen LogP contribution in [-0.4, -0.2) is 45.8 Å². The lowest BCUT2D eigenvalue weighted by molar-refractivity contribution is -0.145. The number of nitrogens with zero attached hydrogens (tertiary/aromatic N) is 2. The van der Waals surface area contributed by atoms with Crippen molar-refractivity contribution >= 4 is 51.2 Å². The zero-order chi connectivity index (χ0) is 18.4. The molecule has 0 saturated carbocycles. The van der Waals surface area contributed by atoms with Gasteiger partial charge >= 0.3 is 12.0 Å². The number of esters is 1. The van der Waals surface area contributed by atoms with Crippen molar-refractivity contribution in [3.63, 3.8) is 0 Å². The number of carbonyl (C=O) groups excluding carboxylic acids is 3. The number of fused-ring (bicyclic) bond motifs is 1. The van der Waals surface area contributed by atoms with Crippen molar-refractivity contribution in [2.75, 3.05) is 12.4 Å².